The fraction of sp³-hybridized carbons (Fsp3) is 0.320. The van der Waals surface area contributed by atoms with E-state index in [9.17, 15) is 9.90 Å². The smallest absolute Gasteiger partial charge is 0.128 e. The summed E-state index contributed by atoms with van der Waals surface area (Å²) in [5.41, 5.74) is 3.49. The molecule has 0 bridgehead atoms. The van der Waals surface area contributed by atoms with Gasteiger partial charge >= 0.3 is 0 Å². The van der Waals surface area contributed by atoms with Crippen molar-refractivity contribution in [2.45, 2.75) is 30.7 Å². The van der Waals surface area contributed by atoms with Gasteiger partial charge in [-0.05, 0) is 60.1 Å². The number of carbonyl (C=O) groups is 1. The lowest BCUT2D eigenvalue weighted by molar-refractivity contribution is -0.309. The Morgan fingerprint density at radius 1 is 0.966 bits per heavy atom. The maximum Gasteiger partial charge on any atom is 0.128 e. The van der Waals surface area contributed by atoms with Crippen LogP contribution in [0.1, 0.15) is 35.8 Å². The molecule has 146 valence electrons. The zero-order valence-electron chi connectivity index (χ0n) is 16.0. The Hall–Kier alpha value is -3.01. The molecule has 2 aromatic rings. The molecule has 2 aliphatic carbocycles. The maximum atomic E-state index is 12.2. The number of carboxylic acids is 1. The summed E-state index contributed by atoms with van der Waals surface area (Å²) in [6, 6.07) is 13.5. The highest BCUT2D eigenvalue weighted by molar-refractivity contribution is 5.83. The largest absolute Gasteiger partial charge is 0.548 e. The Labute approximate surface area is 170 Å². The zero-order chi connectivity index (χ0) is 19.5. The van der Waals surface area contributed by atoms with E-state index in [0.29, 0.717) is 11.8 Å². The van der Waals surface area contributed by atoms with Gasteiger partial charge in [-0.1, -0.05) is 42.5 Å². The van der Waals surface area contributed by atoms with E-state index >= 15 is 0 Å². The Morgan fingerprint density at radius 2 is 1.69 bits per heavy atom. The van der Waals surface area contributed by atoms with Gasteiger partial charge in [0.1, 0.15) is 11.5 Å². The summed E-state index contributed by atoms with van der Waals surface area (Å²) in [6.07, 6.45) is 10.6. The van der Waals surface area contributed by atoms with Crippen LogP contribution in [0.4, 0.5) is 5.69 Å². The van der Waals surface area contributed by atoms with Crippen LogP contribution in [0.3, 0.4) is 0 Å². The third-order valence-electron chi connectivity index (χ3n) is 7.04. The van der Waals surface area contributed by atoms with Gasteiger partial charge in [-0.15, -0.1) is 0 Å². The molecular formula is C25H22NO3-. The fourth-order valence-electron chi connectivity index (χ4n) is 5.89. The molecule has 0 N–H and O–H groups in total. The van der Waals surface area contributed by atoms with E-state index < -0.39 is 12.0 Å². The molecule has 0 radical (unpaired) electrons. The molecular weight excluding hydrogens is 362 g/mol. The average Bonchev–Trinajstić information content (AvgIpc) is 3.38. The molecule has 4 aliphatic rings. The summed E-state index contributed by atoms with van der Waals surface area (Å²) in [5.74, 6) is 1.56. The Kier molecular flexibility index (Phi) is 3.64. The molecule has 4 heteroatoms. The summed E-state index contributed by atoms with van der Waals surface area (Å²) in [7, 11) is 0. The number of fused-ring (bicyclic) bond motifs is 4. The van der Waals surface area contributed by atoms with Crippen LogP contribution >= 0.6 is 0 Å². The van der Waals surface area contributed by atoms with Crippen LogP contribution in [0, 0.1) is 11.8 Å². The van der Waals surface area contributed by atoms with Crippen molar-refractivity contribution in [3.8, 4) is 11.5 Å². The van der Waals surface area contributed by atoms with Crippen molar-refractivity contribution in [3.05, 3.63) is 77.9 Å². The third kappa shape index (κ3) is 2.48. The van der Waals surface area contributed by atoms with Gasteiger partial charge in [0.15, 0.2) is 0 Å². The number of allylic oxidation sites excluding steroid dienone is 4. The number of aliphatic carboxylic acids is 1. The van der Waals surface area contributed by atoms with Gasteiger partial charge in [0.05, 0.1) is 12.0 Å². The molecule has 2 aliphatic heterocycles. The molecule has 2 heterocycles. The van der Waals surface area contributed by atoms with Crippen LogP contribution in [0.5, 0.6) is 11.5 Å². The summed E-state index contributed by atoms with van der Waals surface area (Å²) in [6.45, 7) is 0.776. The third-order valence-corrected chi connectivity index (χ3v) is 7.04. The van der Waals surface area contributed by atoms with Gasteiger partial charge in [0.25, 0.3) is 0 Å². The van der Waals surface area contributed by atoms with Gasteiger partial charge in [-0.25, -0.2) is 0 Å². The number of para-hydroxylation sites is 1. The predicted octanol–water partition coefficient (Wildman–Crippen LogP) is 3.75. The number of hydrogen-bond acceptors (Lipinski definition) is 4. The van der Waals surface area contributed by atoms with Gasteiger partial charge in [0, 0.05) is 24.1 Å². The fourth-order valence-corrected chi connectivity index (χ4v) is 5.89. The molecule has 4 nitrogen and oxygen atoms in total. The highest BCUT2D eigenvalue weighted by Gasteiger charge is 2.47. The van der Waals surface area contributed by atoms with Crippen LogP contribution in [0.25, 0.3) is 0 Å². The number of carboxylic acid groups (broad SMARTS) is 1. The van der Waals surface area contributed by atoms with Crippen molar-refractivity contribution in [2.75, 3.05) is 11.4 Å². The van der Waals surface area contributed by atoms with E-state index in [1.54, 1.807) is 0 Å². The highest BCUT2D eigenvalue weighted by atomic mass is 16.5. The second kappa shape index (κ2) is 6.24. The molecule has 0 amide bonds. The van der Waals surface area contributed by atoms with Crippen LogP contribution < -0.4 is 14.7 Å². The Morgan fingerprint density at radius 3 is 2.48 bits per heavy atom. The van der Waals surface area contributed by atoms with E-state index in [2.05, 4.69) is 41.3 Å². The SMILES string of the molecule is O=C([O-])[C@H]1[C@H]2CC=C[C@H]2c2cc(Oc3ccccc3)cc3c2N1C[C@H]1CC=C[C@H]31. The minimum atomic E-state index is -0.950. The lowest BCUT2D eigenvalue weighted by atomic mass is 9.72. The van der Waals surface area contributed by atoms with Crippen molar-refractivity contribution in [1.82, 2.24) is 0 Å². The average molecular weight is 384 g/mol. The van der Waals surface area contributed by atoms with E-state index in [1.807, 2.05) is 30.3 Å². The molecule has 0 fully saturated rings. The second-order valence-corrected chi connectivity index (χ2v) is 8.58. The first-order chi connectivity index (χ1) is 14.2. The zero-order valence-corrected chi connectivity index (χ0v) is 16.0. The van der Waals surface area contributed by atoms with Crippen molar-refractivity contribution >= 4 is 11.7 Å². The molecule has 0 spiro atoms. The number of anilines is 1. The highest BCUT2D eigenvalue weighted by Crippen LogP contribution is 2.56. The van der Waals surface area contributed by atoms with Crippen molar-refractivity contribution in [2.24, 2.45) is 11.8 Å². The van der Waals surface area contributed by atoms with Crippen LogP contribution in [0.15, 0.2) is 66.8 Å². The number of rotatable bonds is 3. The Balaban J connectivity index is 1.54. The van der Waals surface area contributed by atoms with Crippen molar-refractivity contribution in [3.63, 3.8) is 0 Å². The Bertz CT molecular complexity index is 1020. The predicted molar refractivity (Wildman–Crippen MR) is 109 cm³/mol. The first-order valence-electron chi connectivity index (χ1n) is 10.4. The van der Waals surface area contributed by atoms with Gasteiger partial charge in [0.2, 0.25) is 0 Å². The number of ether oxygens (including phenoxy) is 1. The van der Waals surface area contributed by atoms with E-state index in [1.165, 1.54) is 11.1 Å². The molecule has 5 atom stereocenters. The molecule has 2 aromatic carbocycles. The first-order valence-corrected chi connectivity index (χ1v) is 10.4. The number of hydrogen-bond donors (Lipinski definition) is 0. The standard InChI is InChI=1S/C25H23NO3/c27-25(28)24-20-11-5-10-19(20)22-13-17(29-16-7-2-1-3-8-16)12-21-18-9-4-6-15(18)14-26(24)23(21)22/h1-5,7-10,12-13,15,18-20,24H,6,11,14H2,(H,27,28)/p-1/t15-,18+,19-,20+,24-/m1/s1. The number of nitrogens with zero attached hydrogens (tertiary/aromatic N) is 1. The molecule has 29 heavy (non-hydrogen) atoms. The lowest BCUT2D eigenvalue weighted by Gasteiger charge is -2.51. The number of benzene rings is 2. The number of carbonyl (C=O) groups excluding carboxylic acids is 1. The maximum absolute atomic E-state index is 12.2. The van der Waals surface area contributed by atoms with Crippen LogP contribution in [0.2, 0.25) is 0 Å². The topological polar surface area (TPSA) is 52.6 Å². The van der Waals surface area contributed by atoms with Gasteiger partial charge < -0.3 is 19.5 Å². The minimum Gasteiger partial charge on any atom is -0.548 e. The normalized spacial score (nSPS) is 30.6. The molecule has 6 rings (SSSR count). The second-order valence-electron chi connectivity index (χ2n) is 8.58. The van der Waals surface area contributed by atoms with Gasteiger partial charge in [-0.2, -0.15) is 0 Å². The first kappa shape index (κ1) is 16.9. The van der Waals surface area contributed by atoms with Crippen LogP contribution in [-0.2, 0) is 4.79 Å². The van der Waals surface area contributed by atoms with E-state index in [-0.39, 0.29) is 11.8 Å². The quantitative estimate of drug-likeness (QED) is 0.757. The molecule has 0 unspecified atom stereocenters. The summed E-state index contributed by atoms with van der Waals surface area (Å²) >= 11 is 0. The lowest BCUT2D eigenvalue weighted by Crippen LogP contribution is -2.58. The molecule has 0 saturated heterocycles. The van der Waals surface area contributed by atoms with E-state index in [4.69, 9.17) is 4.74 Å². The van der Waals surface area contributed by atoms with Crippen molar-refractivity contribution in [1.29, 1.82) is 0 Å². The summed E-state index contributed by atoms with van der Waals surface area (Å²) < 4.78 is 6.22. The molecule has 0 aromatic heterocycles. The van der Waals surface area contributed by atoms with E-state index in [0.717, 1.165) is 36.6 Å². The minimum absolute atomic E-state index is 0.0261. The monoisotopic (exact) mass is 384 g/mol. The molecule has 0 saturated carbocycles. The van der Waals surface area contributed by atoms with Crippen LogP contribution in [-0.4, -0.2) is 18.6 Å². The van der Waals surface area contributed by atoms with Crippen molar-refractivity contribution < 1.29 is 14.6 Å². The summed E-state index contributed by atoms with van der Waals surface area (Å²) in [4.78, 5) is 14.3. The summed E-state index contributed by atoms with van der Waals surface area (Å²) in [5, 5.41) is 12.2. The van der Waals surface area contributed by atoms with Gasteiger partial charge in [-0.3, -0.25) is 0 Å².